The second kappa shape index (κ2) is 6.53. The molecule has 0 radical (unpaired) electrons. The number of hydrogen-bond acceptors (Lipinski definition) is 5. The van der Waals surface area contributed by atoms with Crippen molar-refractivity contribution in [2.45, 2.75) is 12.8 Å². The van der Waals surface area contributed by atoms with E-state index in [0.29, 0.717) is 24.3 Å². The molecule has 1 aromatic rings. The number of carbonyl (C=O) groups excluding carboxylic acids is 1. The van der Waals surface area contributed by atoms with Gasteiger partial charge in [0, 0.05) is 38.4 Å². The van der Waals surface area contributed by atoms with Crippen LogP contribution < -0.4 is 5.32 Å². The number of nitrogens with zero attached hydrogens (tertiary/aromatic N) is 2. The number of nitrogens with one attached hydrogen (secondary N) is 1. The monoisotopic (exact) mass is 293 g/mol. The van der Waals surface area contributed by atoms with Crippen molar-refractivity contribution < 1.29 is 14.8 Å². The first-order chi connectivity index (χ1) is 10.1. The highest BCUT2D eigenvalue weighted by atomic mass is 16.6. The van der Waals surface area contributed by atoms with Gasteiger partial charge in [-0.3, -0.25) is 14.9 Å². The number of anilines is 1. The number of piperidine rings is 1. The first-order valence-corrected chi connectivity index (χ1v) is 6.93. The maximum Gasteiger partial charge on any atom is 0.292 e. The number of likely N-dealkylation sites (tertiary alicyclic amines) is 1. The third-order valence-corrected chi connectivity index (χ3v) is 3.77. The minimum absolute atomic E-state index is 0.0547. The van der Waals surface area contributed by atoms with Crippen molar-refractivity contribution in [3.63, 3.8) is 0 Å². The predicted molar refractivity (Wildman–Crippen MR) is 78.4 cm³/mol. The normalized spacial score (nSPS) is 18.4. The van der Waals surface area contributed by atoms with Crippen LogP contribution in [0, 0.1) is 16.0 Å². The molecule has 1 fully saturated rings. The highest BCUT2D eigenvalue weighted by molar-refractivity contribution is 5.96. The molecule has 7 heteroatoms. The molecule has 1 aromatic carbocycles. The van der Waals surface area contributed by atoms with Gasteiger partial charge in [0.05, 0.1) is 4.92 Å². The summed E-state index contributed by atoms with van der Waals surface area (Å²) in [5.41, 5.74) is 0.686. The molecule has 1 heterocycles. The van der Waals surface area contributed by atoms with Crippen LogP contribution in [0.25, 0.3) is 0 Å². The van der Waals surface area contributed by atoms with E-state index in [1.54, 1.807) is 11.9 Å². The van der Waals surface area contributed by atoms with Gasteiger partial charge >= 0.3 is 0 Å². The molecule has 0 saturated carbocycles. The average Bonchev–Trinajstić information content (AvgIpc) is 2.53. The Hall–Kier alpha value is -2.15. The summed E-state index contributed by atoms with van der Waals surface area (Å²) < 4.78 is 0. The molecule has 21 heavy (non-hydrogen) atoms. The van der Waals surface area contributed by atoms with E-state index in [1.807, 2.05) is 0 Å². The van der Waals surface area contributed by atoms with Gasteiger partial charge in [-0.2, -0.15) is 0 Å². The molecule has 1 unspecified atom stereocenters. The number of benzene rings is 1. The van der Waals surface area contributed by atoms with E-state index in [-0.39, 0.29) is 24.1 Å². The summed E-state index contributed by atoms with van der Waals surface area (Å²) in [6.45, 7) is 1.26. The average molecular weight is 293 g/mol. The van der Waals surface area contributed by atoms with Gasteiger partial charge in [0.15, 0.2) is 0 Å². The van der Waals surface area contributed by atoms with E-state index in [0.717, 1.165) is 12.8 Å². The molecular weight excluding hydrogens is 274 g/mol. The summed E-state index contributed by atoms with van der Waals surface area (Å²) in [7, 11) is 1.58. The van der Waals surface area contributed by atoms with Crippen LogP contribution >= 0.6 is 0 Å². The molecule has 1 aliphatic heterocycles. The maximum absolute atomic E-state index is 12.5. The fourth-order valence-corrected chi connectivity index (χ4v) is 2.61. The summed E-state index contributed by atoms with van der Waals surface area (Å²) in [4.78, 5) is 24.6. The fraction of sp³-hybridized carbons (Fsp3) is 0.500. The standard InChI is InChI=1S/C14H19N3O4/c1-15-12-7-11(4-5-13(12)17(20)21)14(19)16-6-2-3-10(8-16)9-18/h4-5,7,10,15,18H,2-3,6,8-9H2,1H3. The maximum atomic E-state index is 12.5. The summed E-state index contributed by atoms with van der Waals surface area (Å²) in [6.07, 6.45) is 1.78. The lowest BCUT2D eigenvalue weighted by molar-refractivity contribution is -0.383. The number of rotatable bonds is 4. The van der Waals surface area contributed by atoms with Gasteiger partial charge in [-0.15, -0.1) is 0 Å². The molecule has 7 nitrogen and oxygen atoms in total. The lowest BCUT2D eigenvalue weighted by Crippen LogP contribution is -2.40. The van der Waals surface area contributed by atoms with E-state index >= 15 is 0 Å². The number of aliphatic hydroxyl groups excluding tert-OH is 1. The minimum atomic E-state index is -0.483. The molecule has 0 bridgehead atoms. The lowest BCUT2D eigenvalue weighted by Gasteiger charge is -2.32. The van der Waals surface area contributed by atoms with Crippen molar-refractivity contribution in [3.05, 3.63) is 33.9 Å². The SMILES string of the molecule is CNc1cc(C(=O)N2CCCC(CO)C2)ccc1[N+](=O)[O-]. The molecular formula is C14H19N3O4. The summed E-state index contributed by atoms with van der Waals surface area (Å²) in [6, 6.07) is 4.32. The van der Waals surface area contributed by atoms with Crippen molar-refractivity contribution in [3.8, 4) is 0 Å². The second-order valence-corrected chi connectivity index (χ2v) is 5.18. The van der Waals surface area contributed by atoms with Gasteiger partial charge in [-0.05, 0) is 30.9 Å². The van der Waals surface area contributed by atoms with Crippen molar-refractivity contribution in [2.24, 2.45) is 5.92 Å². The molecule has 0 spiro atoms. The fourth-order valence-electron chi connectivity index (χ4n) is 2.61. The molecule has 0 aliphatic carbocycles. The Morgan fingerprint density at radius 2 is 2.33 bits per heavy atom. The van der Waals surface area contributed by atoms with Crippen LogP contribution in [-0.4, -0.2) is 47.6 Å². The third-order valence-electron chi connectivity index (χ3n) is 3.77. The van der Waals surface area contributed by atoms with E-state index in [4.69, 9.17) is 0 Å². The van der Waals surface area contributed by atoms with Crippen LogP contribution in [-0.2, 0) is 0 Å². The summed E-state index contributed by atoms with van der Waals surface area (Å²) in [5.74, 6) is -0.0379. The number of amides is 1. The van der Waals surface area contributed by atoms with E-state index in [2.05, 4.69) is 5.32 Å². The van der Waals surface area contributed by atoms with E-state index in [1.165, 1.54) is 18.2 Å². The highest BCUT2D eigenvalue weighted by Gasteiger charge is 2.25. The van der Waals surface area contributed by atoms with Gasteiger partial charge in [-0.25, -0.2) is 0 Å². The Morgan fingerprint density at radius 1 is 1.57 bits per heavy atom. The topological polar surface area (TPSA) is 95.7 Å². The van der Waals surface area contributed by atoms with Crippen LogP contribution in [0.4, 0.5) is 11.4 Å². The molecule has 114 valence electrons. The van der Waals surface area contributed by atoms with Crippen LogP contribution in [0.3, 0.4) is 0 Å². The quantitative estimate of drug-likeness (QED) is 0.647. The zero-order chi connectivity index (χ0) is 15.4. The Morgan fingerprint density at radius 3 is 2.95 bits per heavy atom. The van der Waals surface area contributed by atoms with Crippen molar-refractivity contribution in [1.82, 2.24) is 4.90 Å². The van der Waals surface area contributed by atoms with Crippen LogP contribution in [0.5, 0.6) is 0 Å². The Balaban J connectivity index is 2.21. The zero-order valence-electron chi connectivity index (χ0n) is 11.9. The molecule has 1 saturated heterocycles. The minimum Gasteiger partial charge on any atom is -0.396 e. The predicted octanol–water partition coefficient (Wildman–Crippen LogP) is 1.48. The van der Waals surface area contributed by atoms with Gasteiger partial charge < -0.3 is 15.3 Å². The first kappa shape index (κ1) is 15.2. The van der Waals surface area contributed by atoms with Crippen LogP contribution in [0.1, 0.15) is 23.2 Å². The zero-order valence-corrected chi connectivity index (χ0v) is 11.9. The number of aliphatic hydroxyl groups is 1. The number of nitro benzene ring substituents is 1. The molecule has 2 rings (SSSR count). The first-order valence-electron chi connectivity index (χ1n) is 6.93. The Bertz CT molecular complexity index is 547. The smallest absolute Gasteiger partial charge is 0.292 e. The Kier molecular flexibility index (Phi) is 4.74. The number of nitro groups is 1. The molecule has 0 aromatic heterocycles. The van der Waals surface area contributed by atoms with E-state index < -0.39 is 4.92 Å². The van der Waals surface area contributed by atoms with Crippen molar-refractivity contribution in [1.29, 1.82) is 0 Å². The number of carbonyl (C=O) groups is 1. The summed E-state index contributed by atoms with van der Waals surface area (Å²) in [5, 5.41) is 22.8. The number of hydrogen-bond donors (Lipinski definition) is 2. The largest absolute Gasteiger partial charge is 0.396 e. The summed E-state index contributed by atoms with van der Waals surface area (Å²) >= 11 is 0. The van der Waals surface area contributed by atoms with Crippen molar-refractivity contribution >= 4 is 17.3 Å². The highest BCUT2D eigenvalue weighted by Crippen LogP contribution is 2.26. The van der Waals surface area contributed by atoms with Gasteiger partial charge in [0.25, 0.3) is 11.6 Å². The van der Waals surface area contributed by atoms with Crippen LogP contribution in [0.2, 0.25) is 0 Å². The van der Waals surface area contributed by atoms with Gasteiger partial charge in [0.2, 0.25) is 0 Å². The molecule has 1 aliphatic rings. The third kappa shape index (κ3) is 3.30. The second-order valence-electron chi connectivity index (χ2n) is 5.18. The molecule has 1 atom stereocenters. The van der Waals surface area contributed by atoms with Gasteiger partial charge in [-0.1, -0.05) is 0 Å². The molecule has 2 N–H and O–H groups in total. The molecule has 1 amide bonds. The van der Waals surface area contributed by atoms with Crippen molar-refractivity contribution in [2.75, 3.05) is 32.1 Å². The van der Waals surface area contributed by atoms with E-state index in [9.17, 15) is 20.0 Å². The van der Waals surface area contributed by atoms with Gasteiger partial charge in [0.1, 0.15) is 5.69 Å². The van der Waals surface area contributed by atoms with Crippen LogP contribution in [0.15, 0.2) is 18.2 Å². The lowest BCUT2D eigenvalue weighted by atomic mass is 9.98. The Labute approximate surface area is 122 Å².